The zero-order chi connectivity index (χ0) is 21.0. The van der Waals surface area contributed by atoms with Gasteiger partial charge in [0, 0.05) is 4.47 Å². The van der Waals surface area contributed by atoms with E-state index in [0.29, 0.717) is 10.2 Å². The van der Waals surface area contributed by atoms with Gasteiger partial charge in [-0.3, -0.25) is 9.10 Å². The summed E-state index contributed by atoms with van der Waals surface area (Å²) in [6, 6.07) is 18.1. The van der Waals surface area contributed by atoms with Crippen LogP contribution in [-0.2, 0) is 14.8 Å². The van der Waals surface area contributed by atoms with Gasteiger partial charge >= 0.3 is 0 Å². The molecule has 0 atom stereocenters. The van der Waals surface area contributed by atoms with E-state index in [2.05, 4.69) is 21.2 Å². The number of nitrogens with one attached hydrogen (secondary N) is 1. The van der Waals surface area contributed by atoms with Gasteiger partial charge in [0.2, 0.25) is 5.91 Å². The summed E-state index contributed by atoms with van der Waals surface area (Å²) in [6.45, 7) is 1.45. The van der Waals surface area contributed by atoms with Crippen LogP contribution < -0.4 is 9.62 Å². The first-order valence-electron chi connectivity index (χ1n) is 8.67. The molecule has 0 fully saturated rings. The fourth-order valence-corrected chi connectivity index (χ4v) is 4.72. The van der Waals surface area contributed by atoms with Crippen molar-refractivity contribution in [2.75, 3.05) is 16.2 Å². The summed E-state index contributed by atoms with van der Waals surface area (Å²) >= 11 is 3.38. The lowest BCUT2D eigenvalue weighted by Crippen LogP contribution is -2.38. The van der Waals surface area contributed by atoms with Crippen molar-refractivity contribution in [2.24, 2.45) is 0 Å². The molecule has 0 radical (unpaired) electrons. The van der Waals surface area contributed by atoms with E-state index < -0.39 is 28.3 Å². The van der Waals surface area contributed by atoms with Crippen molar-refractivity contribution in [3.63, 3.8) is 0 Å². The first-order valence-corrected chi connectivity index (χ1v) is 10.9. The van der Waals surface area contributed by atoms with Crippen LogP contribution in [0, 0.1) is 12.7 Å². The topological polar surface area (TPSA) is 66.5 Å². The van der Waals surface area contributed by atoms with Gasteiger partial charge in [0.15, 0.2) is 0 Å². The molecule has 3 aromatic carbocycles. The minimum Gasteiger partial charge on any atom is -0.323 e. The second-order valence-electron chi connectivity index (χ2n) is 6.33. The predicted molar refractivity (Wildman–Crippen MR) is 115 cm³/mol. The van der Waals surface area contributed by atoms with Crippen molar-refractivity contribution < 1.29 is 17.6 Å². The first kappa shape index (κ1) is 21.0. The fourth-order valence-electron chi connectivity index (χ4n) is 2.68. The number of carbonyl (C=O) groups excluding carboxylic acids is 1. The van der Waals surface area contributed by atoms with Crippen LogP contribution in [0.15, 0.2) is 82.2 Å². The molecule has 0 aliphatic rings. The zero-order valence-corrected chi connectivity index (χ0v) is 17.9. The van der Waals surface area contributed by atoms with Gasteiger partial charge in [-0.1, -0.05) is 24.3 Å². The maximum atomic E-state index is 13.3. The van der Waals surface area contributed by atoms with Crippen molar-refractivity contribution in [1.82, 2.24) is 0 Å². The summed E-state index contributed by atoms with van der Waals surface area (Å²) in [5.41, 5.74) is 1.72. The lowest BCUT2D eigenvalue weighted by Gasteiger charge is -2.24. The molecule has 0 saturated carbocycles. The summed E-state index contributed by atoms with van der Waals surface area (Å²) in [7, 11) is -4.03. The Morgan fingerprint density at radius 3 is 2.31 bits per heavy atom. The third-order valence-electron chi connectivity index (χ3n) is 4.13. The Morgan fingerprint density at radius 2 is 1.69 bits per heavy atom. The molecule has 1 N–H and O–H groups in total. The second-order valence-corrected chi connectivity index (χ2v) is 9.05. The number of rotatable bonds is 6. The van der Waals surface area contributed by atoms with E-state index in [1.54, 1.807) is 24.3 Å². The monoisotopic (exact) mass is 476 g/mol. The number of nitrogens with zero attached hydrogens (tertiary/aromatic N) is 1. The molecular weight excluding hydrogens is 459 g/mol. The number of amides is 1. The average molecular weight is 477 g/mol. The van der Waals surface area contributed by atoms with Crippen LogP contribution in [0.1, 0.15) is 5.56 Å². The van der Waals surface area contributed by atoms with E-state index >= 15 is 0 Å². The molecule has 0 heterocycles. The number of aryl methyl sites for hydroxylation is 1. The lowest BCUT2D eigenvalue weighted by atomic mass is 10.2. The molecular formula is C21H18BrFN2O3S. The molecule has 3 rings (SSSR count). The van der Waals surface area contributed by atoms with Crippen LogP contribution in [-0.4, -0.2) is 20.9 Å². The number of hydrogen-bond donors (Lipinski definition) is 1. The molecule has 0 spiro atoms. The number of hydrogen-bond acceptors (Lipinski definition) is 3. The maximum Gasteiger partial charge on any atom is 0.264 e. The van der Waals surface area contributed by atoms with E-state index in [0.717, 1.165) is 22.0 Å². The molecule has 0 aromatic heterocycles. The van der Waals surface area contributed by atoms with Gasteiger partial charge in [0.1, 0.15) is 12.4 Å². The van der Waals surface area contributed by atoms with Gasteiger partial charge in [0.05, 0.1) is 16.3 Å². The zero-order valence-electron chi connectivity index (χ0n) is 15.5. The minimum atomic E-state index is -4.03. The van der Waals surface area contributed by atoms with E-state index in [1.165, 1.54) is 24.3 Å². The third-order valence-corrected chi connectivity index (χ3v) is 6.58. The molecule has 8 heteroatoms. The van der Waals surface area contributed by atoms with E-state index in [-0.39, 0.29) is 10.6 Å². The Morgan fingerprint density at radius 1 is 1.03 bits per heavy atom. The molecule has 0 unspecified atom stereocenters. The van der Waals surface area contributed by atoms with Gasteiger partial charge in [-0.25, -0.2) is 12.8 Å². The summed E-state index contributed by atoms with van der Waals surface area (Å²) in [6.07, 6.45) is 0. The van der Waals surface area contributed by atoms with Gasteiger partial charge < -0.3 is 5.32 Å². The van der Waals surface area contributed by atoms with E-state index in [9.17, 15) is 17.6 Å². The van der Waals surface area contributed by atoms with E-state index in [4.69, 9.17) is 0 Å². The molecule has 0 bridgehead atoms. The second kappa shape index (κ2) is 8.75. The molecule has 0 aliphatic heterocycles. The van der Waals surface area contributed by atoms with Crippen molar-refractivity contribution in [3.8, 4) is 0 Å². The highest BCUT2D eigenvalue weighted by molar-refractivity contribution is 9.10. The Labute approximate surface area is 177 Å². The summed E-state index contributed by atoms with van der Waals surface area (Å²) in [5, 5.41) is 2.71. The van der Waals surface area contributed by atoms with Gasteiger partial charge in [-0.2, -0.15) is 0 Å². The number of carbonyl (C=O) groups is 1. The summed E-state index contributed by atoms with van der Waals surface area (Å²) in [5.74, 6) is -1.03. The molecule has 150 valence electrons. The minimum absolute atomic E-state index is 0.0358. The van der Waals surface area contributed by atoms with Crippen molar-refractivity contribution in [2.45, 2.75) is 11.8 Å². The summed E-state index contributed by atoms with van der Waals surface area (Å²) in [4.78, 5) is 12.7. The standard InChI is InChI=1S/C21H18BrFN2O3S/c1-15-7-12-20(19(22)13-15)24-21(26)14-25(17-10-8-16(23)9-11-17)29(27,28)18-5-3-2-4-6-18/h2-13H,14H2,1H3,(H,24,26). The van der Waals surface area contributed by atoms with Gasteiger partial charge in [0.25, 0.3) is 10.0 Å². The van der Waals surface area contributed by atoms with Crippen molar-refractivity contribution in [1.29, 1.82) is 0 Å². The molecule has 1 amide bonds. The van der Waals surface area contributed by atoms with Crippen molar-refractivity contribution in [3.05, 3.63) is 88.6 Å². The number of benzene rings is 3. The number of anilines is 2. The molecule has 0 saturated heterocycles. The van der Waals surface area contributed by atoms with Crippen molar-refractivity contribution >= 4 is 43.2 Å². The van der Waals surface area contributed by atoms with Crippen LogP contribution in [0.5, 0.6) is 0 Å². The van der Waals surface area contributed by atoms with Crippen LogP contribution in [0.3, 0.4) is 0 Å². The quantitative estimate of drug-likeness (QED) is 0.558. The van der Waals surface area contributed by atoms with Crippen LogP contribution in [0.4, 0.5) is 15.8 Å². The largest absolute Gasteiger partial charge is 0.323 e. The normalized spacial score (nSPS) is 11.1. The molecule has 0 aliphatic carbocycles. The molecule has 3 aromatic rings. The predicted octanol–water partition coefficient (Wildman–Crippen LogP) is 4.73. The Kier molecular flexibility index (Phi) is 6.34. The smallest absolute Gasteiger partial charge is 0.264 e. The van der Waals surface area contributed by atoms with Gasteiger partial charge in [-0.15, -0.1) is 0 Å². The number of sulfonamides is 1. The Balaban J connectivity index is 1.93. The molecule has 5 nitrogen and oxygen atoms in total. The SMILES string of the molecule is Cc1ccc(NC(=O)CN(c2ccc(F)cc2)S(=O)(=O)c2ccccc2)c(Br)c1. The van der Waals surface area contributed by atoms with Crippen LogP contribution in [0.2, 0.25) is 0 Å². The third kappa shape index (κ3) is 5.02. The maximum absolute atomic E-state index is 13.3. The Bertz CT molecular complexity index is 1120. The van der Waals surface area contributed by atoms with Gasteiger partial charge in [-0.05, 0) is 76.9 Å². The van der Waals surface area contributed by atoms with E-state index in [1.807, 2.05) is 19.1 Å². The average Bonchev–Trinajstić information content (AvgIpc) is 2.70. The fraction of sp³-hybridized carbons (Fsp3) is 0.0952. The highest BCUT2D eigenvalue weighted by Crippen LogP contribution is 2.26. The Hall–Kier alpha value is -2.71. The van der Waals surface area contributed by atoms with Crippen LogP contribution in [0.25, 0.3) is 0 Å². The highest BCUT2D eigenvalue weighted by Gasteiger charge is 2.27. The summed E-state index contributed by atoms with van der Waals surface area (Å²) < 4.78 is 41.3. The lowest BCUT2D eigenvalue weighted by molar-refractivity contribution is -0.114. The number of halogens is 2. The molecule has 29 heavy (non-hydrogen) atoms. The highest BCUT2D eigenvalue weighted by atomic mass is 79.9. The van der Waals surface area contributed by atoms with Crippen LogP contribution >= 0.6 is 15.9 Å². The first-order chi connectivity index (χ1) is 13.8.